The molecular formula is C19H24O7. The first-order valence-electron chi connectivity index (χ1n) is 9.20. The van der Waals surface area contributed by atoms with Gasteiger partial charge in [0, 0.05) is 17.8 Å². The van der Waals surface area contributed by atoms with Crippen molar-refractivity contribution in [3.05, 3.63) is 11.6 Å². The average Bonchev–Trinajstić information content (AvgIpc) is 2.94. The monoisotopic (exact) mass is 364 g/mol. The molecule has 5 aliphatic rings. The van der Waals surface area contributed by atoms with Crippen LogP contribution in [-0.4, -0.2) is 63.7 Å². The van der Waals surface area contributed by atoms with E-state index in [0.717, 1.165) is 5.57 Å². The van der Waals surface area contributed by atoms with Gasteiger partial charge in [-0.2, -0.15) is 0 Å². The first-order valence-corrected chi connectivity index (χ1v) is 9.20. The number of aliphatic hydroxyl groups excluding tert-OH is 3. The second kappa shape index (κ2) is 4.58. The van der Waals surface area contributed by atoms with Gasteiger partial charge < -0.3 is 24.8 Å². The molecular weight excluding hydrogens is 340 g/mol. The van der Waals surface area contributed by atoms with E-state index < -0.39 is 58.7 Å². The summed E-state index contributed by atoms with van der Waals surface area (Å²) in [7, 11) is 0. The second-order valence-electron chi connectivity index (χ2n) is 9.16. The number of rotatable bonds is 0. The third kappa shape index (κ3) is 1.46. The standard InChI is InChI=1S/C19H24O7/c1-7-4-9(20)14(23)17(2)8(7)5-10(21)19-6-25-18(3)13(19)16(24)26-15(18)11(22)12(17)19/h4,8-9,11-15,20,22-23H,5-6H2,1-3H3/t8-,9?,11+,12+,13-,14?,15-,17-,18-,19+/m0/s1. The van der Waals surface area contributed by atoms with Crippen molar-refractivity contribution in [2.24, 2.45) is 28.6 Å². The van der Waals surface area contributed by atoms with Crippen LogP contribution in [-0.2, 0) is 19.1 Å². The van der Waals surface area contributed by atoms with Crippen LogP contribution in [0.1, 0.15) is 27.2 Å². The Kier molecular flexibility index (Phi) is 2.97. The molecule has 7 nitrogen and oxygen atoms in total. The molecule has 0 aromatic carbocycles. The number of hydrogen-bond donors (Lipinski definition) is 3. The molecule has 2 aliphatic heterocycles. The Morgan fingerprint density at radius 2 is 1.88 bits per heavy atom. The van der Waals surface area contributed by atoms with E-state index in [0.29, 0.717) is 0 Å². The lowest BCUT2D eigenvalue weighted by Gasteiger charge is -2.62. The van der Waals surface area contributed by atoms with Gasteiger partial charge in [0.05, 0.1) is 30.3 Å². The summed E-state index contributed by atoms with van der Waals surface area (Å²) in [6.45, 7) is 5.41. The van der Waals surface area contributed by atoms with E-state index in [1.807, 2.05) is 13.8 Å². The van der Waals surface area contributed by atoms with E-state index in [4.69, 9.17) is 9.47 Å². The minimum Gasteiger partial charge on any atom is -0.456 e. The van der Waals surface area contributed by atoms with Crippen LogP contribution in [0.25, 0.3) is 0 Å². The van der Waals surface area contributed by atoms with Crippen LogP contribution < -0.4 is 0 Å². The lowest BCUT2D eigenvalue weighted by atomic mass is 9.40. The molecule has 0 aromatic rings. The number of aliphatic hydroxyl groups is 3. The molecule has 5 rings (SSSR count). The fourth-order valence-electron chi connectivity index (χ4n) is 7.15. The van der Waals surface area contributed by atoms with Gasteiger partial charge in [0.1, 0.15) is 17.3 Å². The number of fused-ring (bicyclic) bond motifs is 2. The number of allylic oxidation sites excluding steroid dienone is 1. The highest BCUT2D eigenvalue weighted by Gasteiger charge is 2.83. The first kappa shape index (κ1) is 16.9. The van der Waals surface area contributed by atoms with E-state index in [2.05, 4.69) is 0 Å². The summed E-state index contributed by atoms with van der Waals surface area (Å²) < 4.78 is 11.4. The van der Waals surface area contributed by atoms with E-state index in [-0.39, 0.29) is 24.7 Å². The number of Topliss-reactive ketones (excluding diaryl/α,β-unsaturated/α-hetero) is 1. The molecule has 1 spiro atoms. The van der Waals surface area contributed by atoms with Crippen LogP contribution in [0.4, 0.5) is 0 Å². The maximum absolute atomic E-state index is 13.4. The molecule has 7 heteroatoms. The van der Waals surface area contributed by atoms with Gasteiger partial charge in [-0.15, -0.1) is 0 Å². The normalized spacial score (nSPS) is 60.2. The van der Waals surface area contributed by atoms with Crippen molar-refractivity contribution >= 4 is 11.8 Å². The fourth-order valence-corrected chi connectivity index (χ4v) is 7.15. The average molecular weight is 364 g/mol. The van der Waals surface area contributed by atoms with Gasteiger partial charge >= 0.3 is 5.97 Å². The predicted molar refractivity (Wildman–Crippen MR) is 86.6 cm³/mol. The smallest absolute Gasteiger partial charge is 0.313 e. The maximum Gasteiger partial charge on any atom is 0.313 e. The molecule has 2 unspecified atom stereocenters. The SMILES string of the molecule is CC1=CC(O)C(O)[C@@]2(C)[C@H]1CC(=O)[C@@]13CO[C@]4(C)[C@@H](OC(=O)[C@@H]41)[C@H](O)[C@@H]32. The molecule has 4 fully saturated rings. The maximum atomic E-state index is 13.4. The van der Waals surface area contributed by atoms with Gasteiger partial charge in [0.2, 0.25) is 0 Å². The van der Waals surface area contributed by atoms with Gasteiger partial charge in [-0.25, -0.2) is 0 Å². The van der Waals surface area contributed by atoms with Crippen molar-refractivity contribution < 1.29 is 34.4 Å². The van der Waals surface area contributed by atoms with E-state index >= 15 is 0 Å². The van der Waals surface area contributed by atoms with Crippen molar-refractivity contribution in [2.75, 3.05) is 6.61 Å². The molecule has 0 aromatic heterocycles. The summed E-state index contributed by atoms with van der Waals surface area (Å²) in [4.78, 5) is 26.0. The Morgan fingerprint density at radius 1 is 1.19 bits per heavy atom. The molecule has 3 aliphatic carbocycles. The van der Waals surface area contributed by atoms with Crippen LogP contribution in [0, 0.1) is 28.6 Å². The molecule has 0 radical (unpaired) electrons. The Labute approximate surface area is 151 Å². The van der Waals surface area contributed by atoms with Crippen LogP contribution in [0.3, 0.4) is 0 Å². The summed E-state index contributed by atoms with van der Waals surface area (Å²) in [5.41, 5.74) is -2.39. The Morgan fingerprint density at radius 3 is 2.58 bits per heavy atom. The number of esters is 1. The number of carbonyl (C=O) groups is 2. The van der Waals surface area contributed by atoms with E-state index in [9.17, 15) is 24.9 Å². The van der Waals surface area contributed by atoms with Crippen molar-refractivity contribution in [1.82, 2.24) is 0 Å². The number of carbonyl (C=O) groups excluding carboxylic acids is 2. The summed E-state index contributed by atoms with van der Waals surface area (Å²) in [6, 6.07) is 0. The molecule has 3 N–H and O–H groups in total. The van der Waals surface area contributed by atoms with Gasteiger partial charge in [0.15, 0.2) is 6.10 Å². The van der Waals surface area contributed by atoms with Crippen LogP contribution >= 0.6 is 0 Å². The topological polar surface area (TPSA) is 113 Å². The first-order chi connectivity index (χ1) is 12.1. The van der Waals surface area contributed by atoms with Crippen molar-refractivity contribution in [2.45, 2.75) is 57.2 Å². The summed E-state index contributed by atoms with van der Waals surface area (Å²) in [6.07, 6.45) is -2.52. The summed E-state index contributed by atoms with van der Waals surface area (Å²) in [5, 5.41) is 32.6. The van der Waals surface area contributed by atoms with Gasteiger partial charge in [-0.1, -0.05) is 18.6 Å². The molecule has 142 valence electrons. The number of ether oxygens (including phenoxy) is 2. The minimum atomic E-state index is -1.22. The lowest BCUT2D eigenvalue weighted by Crippen LogP contribution is -2.72. The zero-order chi connectivity index (χ0) is 18.8. The van der Waals surface area contributed by atoms with Crippen molar-refractivity contribution in [3.63, 3.8) is 0 Å². The molecule has 2 saturated carbocycles. The highest BCUT2D eigenvalue weighted by atomic mass is 16.6. The quantitative estimate of drug-likeness (QED) is 0.395. The Bertz CT molecular complexity index is 761. The van der Waals surface area contributed by atoms with Crippen LogP contribution in [0.2, 0.25) is 0 Å². The van der Waals surface area contributed by atoms with Gasteiger partial charge in [0.25, 0.3) is 0 Å². The molecule has 0 amide bonds. The Hall–Kier alpha value is -1.28. The van der Waals surface area contributed by atoms with Crippen molar-refractivity contribution in [1.29, 1.82) is 0 Å². The highest BCUT2D eigenvalue weighted by Crippen LogP contribution is 2.71. The Balaban J connectivity index is 1.77. The molecule has 2 heterocycles. The van der Waals surface area contributed by atoms with Crippen LogP contribution in [0.5, 0.6) is 0 Å². The molecule has 2 saturated heterocycles. The number of hydrogen-bond acceptors (Lipinski definition) is 7. The van der Waals surface area contributed by atoms with Gasteiger partial charge in [-0.05, 0) is 19.8 Å². The number of ketones is 1. The minimum absolute atomic E-state index is 0.0359. The largest absolute Gasteiger partial charge is 0.456 e. The molecule has 4 bridgehead atoms. The zero-order valence-electron chi connectivity index (χ0n) is 15.0. The van der Waals surface area contributed by atoms with Gasteiger partial charge in [-0.3, -0.25) is 9.59 Å². The molecule has 10 atom stereocenters. The fraction of sp³-hybridized carbons (Fsp3) is 0.789. The summed E-state index contributed by atoms with van der Waals surface area (Å²) >= 11 is 0. The third-order valence-electron chi connectivity index (χ3n) is 8.23. The summed E-state index contributed by atoms with van der Waals surface area (Å²) in [5.74, 6) is -2.45. The van der Waals surface area contributed by atoms with Crippen molar-refractivity contribution in [3.8, 4) is 0 Å². The zero-order valence-corrected chi connectivity index (χ0v) is 15.0. The second-order valence-corrected chi connectivity index (χ2v) is 9.16. The van der Waals surface area contributed by atoms with E-state index in [1.54, 1.807) is 13.0 Å². The highest BCUT2D eigenvalue weighted by molar-refractivity contribution is 5.95. The predicted octanol–water partition coefficient (Wildman–Crippen LogP) is -0.429. The third-order valence-corrected chi connectivity index (χ3v) is 8.23. The van der Waals surface area contributed by atoms with Crippen LogP contribution in [0.15, 0.2) is 11.6 Å². The molecule has 26 heavy (non-hydrogen) atoms. The lowest BCUT2D eigenvalue weighted by molar-refractivity contribution is -0.214. The van der Waals surface area contributed by atoms with E-state index in [1.165, 1.54) is 0 Å².